The van der Waals surface area contributed by atoms with Gasteiger partial charge in [-0.05, 0) is 30.2 Å². The predicted molar refractivity (Wildman–Crippen MR) is 76.1 cm³/mol. The zero-order chi connectivity index (χ0) is 14.1. The first-order chi connectivity index (χ1) is 9.63. The van der Waals surface area contributed by atoms with Crippen LogP contribution < -0.4 is 10.6 Å². The van der Waals surface area contributed by atoms with Crippen molar-refractivity contribution >= 4 is 5.91 Å². The van der Waals surface area contributed by atoms with Crippen LogP contribution in [0.4, 0.5) is 0 Å². The van der Waals surface area contributed by atoms with E-state index in [1.807, 2.05) is 38.4 Å². The number of nitrogens with one attached hydrogen (secondary N) is 2. The quantitative estimate of drug-likeness (QED) is 0.883. The number of benzene rings is 1. The molecule has 2 aromatic rings. The second-order valence-electron chi connectivity index (χ2n) is 5.18. The smallest absolute Gasteiger partial charge is 0.251 e. The van der Waals surface area contributed by atoms with Crippen molar-refractivity contribution in [3.63, 3.8) is 0 Å². The summed E-state index contributed by atoms with van der Waals surface area (Å²) in [6.45, 7) is 4.20. The van der Waals surface area contributed by atoms with Crippen LogP contribution >= 0.6 is 0 Å². The van der Waals surface area contributed by atoms with Gasteiger partial charge < -0.3 is 10.6 Å². The van der Waals surface area contributed by atoms with Crippen LogP contribution in [0.15, 0.2) is 24.4 Å². The minimum atomic E-state index is -0.0389. The third-order valence-corrected chi connectivity index (χ3v) is 3.65. The Morgan fingerprint density at radius 3 is 2.95 bits per heavy atom. The monoisotopic (exact) mass is 270 g/mol. The minimum absolute atomic E-state index is 0.0389. The molecule has 0 saturated heterocycles. The van der Waals surface area contributed by atoms with Gasteiger partial charge in [0, 0.05) is 44.0 Å². The molecular formula is C15H18N4O. The summed E-state index contributed by atoms with van der Waals surface area (Å²) in [6, 6.07) is 5.89. The maximum absolute atomic E-state index is 12.2. The molecule has 2 N–H and O–H groups in total. The number of carbonyl (C=O) groups excluding carboxylic acids is 1. The lowest BCUT2D eigenvalue weighted by Crippen LogP contribution is -2.23. The fourth-order valence-corrected chi connectivity index (χ4v) is 2.54. The molecule has 0 fully saturated rings. The Morgan fingerprint density at radius 1 is 1.40 bits per heavy atom. The summed E-state index contributed by atoms with van der Waals surface area (Å²) in [5.41, 5.74) is 5.21. The summed E-state index contributed by atoms with van der Waals surface area (Å²) in [5, 5.41) is 10.5. The Bertz CT molecular complexity index is 660. The van der Waals surface area contributed by atoms with Gasteiger partial charge in [0.2, 0.25) is 0 Å². The maximum atomic E-state index is 12.2. The van der Waals surface area contributed by atoms with Crippen LogP contribution in [0, 0.1) is 6.92 Å². The van der Waals surface area contributed by atoms with Gasteiger partial charge in [-0.15, -0.1) is 0 Å². The number of aromatic nitrogens is 2. The summed E-state index contributed by atoms with van der Waals surface area (Å²) in [4.78, 5) is 12.2. The largest absolute Gasteiger partial charge is 0.348 e. The molecule has 104 valence electrons. The molecule has 5 heteroatoms. The molecule has 1 aliphatic heterocycles. The maximum Gasteiger partial charge on any atom is 0.251 e. The van der Waals surface area contributed by atoms with Gasteiger partial charge in [-0.25, -0.2) is 0 Å². The average Bonchev–Trinajstić information content (AvgIpc) is 3.01. The lowest BCUT2D eigenvalue weighted by molar-refractivity contribution is 0.0951. The Balaban J connectivity index is 1.69. The molecule has 1 amide bonds. The molecule has 0 atom stereocenters. The SMILES string of the molecule is Cc1nn(C)cc1CNC(=O)c1ccc2c(c1)CNC2. The van der Waals surface area contributed by atoms with E-state index in [2.05, 4.69) is 15.7 Å². The van der Waals surface area contributed by atoms with Crippen LogP contribution in [0.3, 0.4) is 0 Å². The highest BCUT2D eigenvalue weighted by atomic mass is 16.1. The van der Waals surface area contributed by atoms with Gasteiger partial charge in [-0.3, -0.25) is 9.48 Å². The standard InChI is InChI=1S/C15H18N4O/c1-10-14(9-19(2)18-10)8-17-15(20)11-3-4-12-6-16-7-13(12)5-11/h3-5,9,16H,6-8H2,1-2H3,(H,17,20). The number of hydrogen-bond donors (Lipinski definition) is 2. The van der Waals surface area contributed by atoms with Crippen LogP contribution in [0.25, 0.3) is 0 Å². The highest BCUT2D eigenvalue weighted by molar-refractivity contribution is 5.94. The lowest BCUT2D eigenvalue weighted by atomic mass is 10.1. The summed E-state index contributed by atoms with van der Waals surface area (Å²) in [7, 11) is 1.88. The molecule has 0 aliphatic carbocycles. The molecule has 1 aliphatic rings. The molecule has 5 nitrogen and oxygen atoms in total. The Hall–Kier alpha value is -2.14. The van der Waals surface area contributed by atoms with Gasteiger partial charge in [-0.1, -0.05) is 6.07 Å². The zero-order valence-corrected chi connectivity index (χ0v) is 11.7. The first-order valence-corrected chi connectivity index (χ1v) is 6.73. The molecule has 2 heterocycles. The van der Waals surface area contributed by atoms with E-state index in [0.29, 0.717) is 12.1 Å². The van der Waals surface area contributed by atoms with Gasteiger partial charge in [-0.2, -0.15) is 5.10 Å². The van der Waals surface area contributed by atoms with Gasteiger partial charge in [0.05, 0.1) is 5.69 Å². The number of fused-ring (bicyclic) bond motifs is 1. The van der Waals surface area contributed by atoms with Gasteiger partial charge in [0.1, 0.15) is 0 Å². The zero-order valence-electron chi connectivity index (χ0n) is 11.7. The van der Waals surface area contributed by atoms with E-state index in [1.54, 1.807) is 4.68 Å². The number of hydrogen-bond acceptors (Lipinski definition) is 3. The van der Waals surface area contributed by atoms with Crippen LogP contribution in [-0.4, -0.2) is 15.7 Å². The van der Waals surface area contributed by atoms with Crippen molar-refractivity contribution in [1.29, 1.82) is 0 Å². The first kappa shape index (κ1) is 12.9. The van der Waals surface area contributed by atoms with E-state index in [9.17, 15) is 4.79 Å². The van der Waals surface area contributed by atoms with Crippen molar-refractivity contribution in [1.82, 2.24) is 20.4 Å². The summed E-state index contributed by atoms with van der Waals surface area (Å²) in [5.74, 6) is -0.0389. The van der Waals surface area contributed by atoms with E-state index >= 15 is 0 Å². The van der Waals surface area contributed by atoms with E-state index < -0.39 is 0 Å². The molecule has 0 spiro atoms. The van der Waals surface area contributed by atoms with Crippen molar-refractivity contribution in [3.05, 3.63) is 52.3 Å². The molecule has 0 saturated carbocycles. The lowest BCUT2D eigenvalue weighted by Gasteiger charge is -2.06. The minimum Gasteiger partial charge on any atom is -0.348 e. The van der Waals surface area contributed by atoms with Gasteiger partial charge in [0.25, 0.3) is 5.91 Å². The topological polar surface area (TPSA) is 59.0 Å². The van der Waals surface area contributed by atoms with E-state index in [0.717, 1.165) is 24.3 Å². The van der Waals surface area contributed by atoms with Crippen molar-refractivity contribution < 1.29 is 4.79 Å². The molecule has 0 unspecified atom stereocenters. The molecule has 0 radical (unpaired) electrons. The fourth-order valence-electron chi connectivity index (χ4n) is 2.54. The fraction of sp³-hybridized carbons (Fsp3) is 0.333. The Kier molecular flexibility index (Phi) is 3.28. The number of aryl methyl sites for hydroxylation is 2. The Morgan fingerprint density at radius 2 is 2.20 bits per heavy atom. The molecule has 3 rings (SSSR count). The number of rotatable bonds is 3. The van der Waals surface area contributed by atoms with Gasteiger partial charge in [0.15, 0.2) is 0 Å². The molecule has 20 heavy (non-hydrogen) atoms. The van der Waals surface area contributed by atoms with Crippen molar-refractivity contribution in [2.45, 2.75) is 26.6 Å². The molecule has 1 aromatic carbocycles. The van der Waals surface area contributed by atoms with E-state index in [1.165, 1.54) is 11.1 Å². The summed E-state index contributed by atoms with van der Waals surface area (Å²) >= 11 is 0. The summed E-state index contributed by atoms with van der Waals surface area (Å²) in [6.07, 6.45) is 1.93. The average molecular weight is 270 g/mol. The molecular weight excluding hydrogens is 252 g/mol. The van der Waals surface area contributed by atoms with Crippen LogP contribution in [0.5, 0.6) is 0 Å². The van der Waals surface area contributed by atoms with Crippen LogP contribution in [-0.2, 0) is 26.7 Å². The number of nitrogens with zero attached hydrogens (tertiary/aromatic N) is 2. The van der Waals surface area contributed by atoms with Gasteiger partial charge >= 0.3 is 0 Å². The van der Waals surface area contributed by atoms with Crippen LogP contribution in [0.2, 0.25) is 0 Å². The normalized spacial score (nSPS) is 13.3. The van der Waals surface area contributed by atoms with Crippen molar-refractivity contribution in [2.75, 3.05) is 0 Å². The van der Waals surface area contributed by atoms with Crippen LogP contribution in [0.1, 0.15) is 32.7 Å². The number of carbonyl (C=O) groups is 1. The van der Waals surface area contributed by atoms with Crippen molar-refractivity contribution in [3.8, 4) is 0 Å². The predicted octanol–water partition coefficient (Wildman–Crippen LogP) is 1.26. The second-order valence-corrected chi connectivity index (χ2v) is 5.18. The Labute approximate surface area is 118 Å². The number of amides is 1. The van der Waals surface area contributed by atoms with Crippen molar-refractivity contribution in [2.24, 2.45) is 7.05 Å². The van der Waals surface area contributed by atoms with E-state index in [-0.39, 0.29) is 5.91 Å². The first-order valence-electron chi connectivity index (χ1n) is 6.73. The highest BCUT2D eigenvalue weighted by Gasteiger charge is 2.13. The molecule has 1 aromatic heterocycles. The summed E-state index contributed by atoms with van der Waals surface area (Å²) < 4.78 is 1.76. The molecule has 0 bridgehead atoms. The second kappa shape index (κ2) is 5.09. The van der Waals surface area contributed by atoms with E-state index in [4.69, 9.17) is 0 Å². The highest BCUT2D eigenvalue weighted by Crippen LogP contribution is 2.17. The third kappa shape index (κ3) is 2.44. The third-order valence-electron chi connectivity index (χ3n) is 3.65.